The molecule has 2 aromatic heterocycles. The molecule has 1 fully saturated rings. The number of carbonyl (C=O) groups excluding carboxylic acids is 1. The highest BCUT2D eigenvalue weighted by molar-refractivity contribution is 8.13. The highest BCUT2D eigenvalue weighted by Gasteiger charge is 2.33. The summed E-state index contributed by atoms with van der Waals surface area (Å²) in [5.41, 5.74) is 2.91. The van der Waals surface area contributed by atoms with Crippen molar-refractivity contribution in [3.05, 3.63) is 46.3 Å². The van der Waals surface area contributed by atoms with E-state index >= 15 is 0 Å². The van der Waals surface area contributed by atoms with E-state index in [9.17, 15) is 4.79 Å². The van der Waals surface area contributed by atoms with Gasteiger partial charge >= 0.3 is 6.09 Å². The van der Waals surface area contributed by atoms with E-state index in [4.69, 9.17) is 25.4 Å². The smallest absolute Gasteiger partial charge is 0.410 e. The highest BCUT2D eigenvalue weighted by atomic mass is 32.2. The first-order valence-corrected chi connectivity index (χ1v) is 16.4. The minimum Gasteiger partial charge on any atom is -0.444 e. The predicted molar refractivity (Wildman–Crippen MR) is 171 cm³/mol. The summed E-state index contributed by atoms with van der Waals surface area (Å²) in [7, 11) is 0. The molecule has 0 saturated carbocycles. The van der Waals surface area contributed by atoms with Gasteiger partial charge in [0.25, 0.3) is 0 Å². The number of rotatable bonds is 5. The number of aryl methyl sites for hydroxylation is 1. The second kappa shape index (κ2) is 11.9. The van der Waals surface area contributed by atoms with Crippen molar-refractivity contribution in [2.45, 2.75) is 52.7 Å². The van der Waals surface area contributed by atoms with Crippen LogP contribution in [0.3, 0.4) is 0 Å². The van der Waals surface area contributed by atoms with Crippen molar-refractivity contribution in [1.29, 1.82) is 0 Å². The number of amidine groups is 1. The number of benzene rings is 1. The van der Waals surface area contributed by atoms with E-state index in [1.54, 1.807) is 28.0 Å². The van der Waals surface area contributed by atoms with Crippen molar-refractivity contribution in [3.63, 3.8) is 0 Å². The lowest BCUT2D eigenvalue weighted by Crippen LogP contribution is -2.47. The number of fused-ring (bicyclic) bond motifs is 4. The van der Waals surface area contributed by atoms with E-state index in [-0.39, 0.29) is 6.09 Å². The molecule has 3 aliphatic heterocycles. The fraction of sp³-hybridized carbons (Fsp3) is 0.500. The lowest BCUT2D eigenvalue weighted by Gasteiger charge is -2.35. The zero-order valence-electron chi connectivity index (χ0n) is 24.8. The van der Waals surface area contributed by atoms with Crippen LogP contribution >= 0.6 is 23.1 Å². The molecule has 1 amide bonds. The molecule has 5 heterocycles. The fourth-order valence-electron chi connectivity index (χ4n) is 5.53. The molecule has 10 nitrogen and oxygen atoms in total. The molecule has 0 radical (unpaired) electrons. The third kappa shape index (κ3) is 6.31. The first-order chi connectivity index (χ1) is 20.1. The van der Waals surface area contributed by atoms with Crippen molar-refractivity contribution < 1.29 is 14.4 Å². The second-order valence-electron chi connectivity index (χ2n) is 11.9. The summed E-state index contributed by atoms with van der Waals surface area (Å²) in [6, 6.07) is 10.6. The van der Waals surface area contributed by atoms with Gasteiger partial charge in [0.05, 0.1) is 12.1 Å². The van der Waals surface area contributed by atoms with E-state index < -0.39 is 5.60 Å². The van der Waals surface area contributed by atoms with Gasteiger partial charge < -0.3 is 19.4 Å². The van der Waals surface area contributed by atoms with Crippen LogP contribution in [0.5, 0.6) is 5.75 Å². The largest absolute Gasteiger partial charge is 0.444 e. The number of hydrogen-bond donors (Lipinski definition) is 1. The van der Waals surface area contributed by atoms with Gasteiger partial charge in [0.1, 0.15) is 11.4 Å². The van der Waals surface area contributed by atoms with E-state index in [0.29, 0.717) is 24.7 Å². The number of nitrogens with two attached hydrogens (primary N) is 1. The van der Waals surface area contributed by atoms with Gasteiger partial charge in [-0.15, -0.1) is 16.5 Å². The first-order valence-electron chi connectivity index (χ1n) is 14.5. The van der Waals surface area contributed by atoms with E-state index in [1.165, 1.54) is 16.1 Å². The van der Waals surface area contributed by atoms with Crippen LogP contribution in [0.1, 0.15) is 43.2 Å². The summed E-state index contributed by atoms with van der Waals surface area (Å²) in [5.74, 6) is 8.92. The third-order valence-electron chi connectivity index (χ3n) is 7.67. The molecular weight excluding hydrogens is 571 g/mol. The Labute approximate surface area is 255 Å². The highest BCUT2D eigenvalue weighted by Crippen LogP contribution is 2.47. The molecule has 1 aromatic carbocycles. The molecule has 12 heteroatoms. The molecule has 0 bridgehead atoms. The molecule has 3 aliphatic rings. The molecule has 0 atom stereocenters. The Bertz CT molecular complexity index is 1490. The Morgan fingerprint density at radius 2 is 1.95 bits per heavy atom. The van der Waals surface area contributed by atoms with Crippen LogP contribution in [0.4, 0.5) is 15.6 Å². The van der Waals surface area contributed by atoms with Gasteiger partial charge in [0.15, 0.2) is 10.8 Å². The average molecular weight is 610 g/mol. The maximum absolute atomic E-state index is 12.6. The summed E-state index contributed by atoms with van der Waals surface area (Å²) in [6.45, 7) is 13.9. The summed E-state index contributed by atoms with van der Waals surface area (Å²) < 4.78 is 5.56. The molecule has 2 N–H and O–H groups in total. The zero-order chi connectivity index (χ0) is 29.4. The van der Waals surface area contributed by atoms with Gasteiger partial charge in [-0.25, -0.2) is 20.6 Å². The van der Waals surface area contributed by atoms with Gasteiger partial charge in [0, 0.05) is 54.3 Å². The Morgan fingerprint density at radius 3 is 2.74 bits per heavy atom. The van der Waals surface area contributed by atoms with Gasteiger partial charge in [-0.2, -0.15) is 0 Å². The number of pyridine rings is 1. The number of aliphatic imine (C=N–C) groups is 1. The first kappa shape index (κ1) is 29.0. The lowest BCUT2D eigenvalue weighted by molar-refractivity contribution is 0.0156. The van der Waals surface area contributed by atoms with Crippen LogP contribution in [-0.2, 0) is 17.7 Å². The van der Waals surface area contributed by atoms with Crippen molar-refractivity contribution in [3.8, 4) is 5.75 Å². The Hall–Kier alpha value is -3.06. The number of thiophene rings is 1. The maximum Gasteiger partial charge on any atom is 0.410 e. The number of ether oxygens (including phenoxy) is 1. The number of thioether (sulfide) groups is 1. The molecular formula is C30H39N7O3S2. The van der Waals surface area contributed by atoms with E-state index in [2.05, 4.69) is 47.1 Å². The maximum atomic E-state index is 12.6. The van der Waals surface area contributed by atoms with Crippen LogP contribution in [0.2, 0.25) is 0 Å². The van der Waals surface area contributed by atoms with Gasteiger partial charge in [-0.3, -0.25) is 4.90 Å². The van der Waals surface area contributed by atoms with Crippen LogP contribution in [0, 0.1) is 6.92 Å². The standard InChI is InChI=1S/C30H39N7O3S2/c1-20-18-25(32-23-9-6-5-8-21(20)23)35-15-13-34(14-16-35)11-7-17-41-28-33-27-26(40-37(28)31)22-10-12-36(19-24(22)42-27)29(38)39-30(2,3)4/h5-6,8-9,18H,7,10-17,19,31H2,1-4H3. The number of hydrazine groups is 1. The Morgan fingerprint density at radius 1 is 1.17 bits per heavy atom. The number of hydrogen-bond acceptors (Lipinski definition) is 11. The van der Waals surface area contributed by atoms with Crippen LogP contribution < -0.4 is 15.6 Å². The lowest BCUT2D eigenvalue weighted by atomic mass is 10.1. The van der Waals surface area contributed by atoms with Crippen LogP contribution in [-0.4, -0.2) is 81.8 Å². The quantitative estimate of drug-likeness (QED) is 0.305. The third-order valence-corrected chi connectivity index (χ3v) is 9.79. The SMILES string of the molecule is Cc1cc(N2CCN(CCCSC3=Nc4sc5c(c4ON3N)CCN(C(=O)OC(C)(C)C)C5)CC2)nc2ccccc12. The fourth-order valence-corrected chi connectivity index (χ4v) is 7.52. The number of hydroxylamine groups is 1. The molecule has 1 saturated heterocycles. The van der Waals surface area contributed by atoms with Crippen molar-refractivity contribution in [2.75, 3.05) is 49.9 Å². The Balaban J connectivity index is 0.986. The molecule has 42 heavy (non-hydrogen) atoms. The number of piperazine rings is 1. The molecule has 0 spiro atoms. The average Bonchev–Trinajstić information content (AvgIpc) is 3.31. The van der Waals surface area contributed by atoms with E-state index in [0.717, 1.165) is 77.4 Å². The van der Waals surface area contributed by atoms with Gasteiger partial charge in [-0.05, 0) is 64.8 Å². The molecule has 0 unspecified atom stereocenters. The minimum atomic E-state index is -0.519. The van der Waals surface area contributed by atoms with Crippen LogP contribution in [0.25, 0.3) is 10.9 Å². The summed E-state index contributed by atoms with van der Waals surface area (Å²) in [4.78, 5) is 36.1. The summed E-state index contributed by atoms with van der Waals surface area (Å²) in [5, 5.41) is 4.00. The van der Waals surface area contributed by atoms with Gasteiger partial charge in [-0.1, -0.05) is 30.0 Å². The number of aromatic nitrogens is 1. The predicted octanol–water partition coefficient (Wildman–Crippen LogP) is 5.31. The summed E-state index contributed by atoms with van der Waals surface area (Å²) >= 11 is 3.19. The summed E-state index contributed by atoms with van der Waals surface area (Å²) in [6.07, 6.45) is 1.43. The zero-order valence-corrected chi connectivity index (χ0v) is 26.4. The topological polar surface area (TPSA) is 99.8 Å². The molecule has 3 aromatic rings. The molecule has 0 aliphatic carbocycles. The number of anilines is 1. The number of para-hydroxylation sites is 1. The number of carbonyl (C=O) groups is 1. The van der Waals surface area contributed by atoms with E-state index in [1.807, 2.05) is 20.8 Å². The number of nitrogens with zero attached hydrogens (tertiary/aromatic N) is 6. The molecule has 6 rings (SSSR count). The molecule has 224 valence electrons. The Kier molecular flexibility index (Phi) is 8.23. The van der Waals surface area contributed by atoms with Crippen LogP contribution in [0.15, 0.2) is 35.3 Å². The monoisotopic (exact) mass is 609 g/mol. The van der Waals surface area contributed by atoms with Gasteiger partial charge in [0.2, 0.25) is 5.17 Å². The second-order valence-corrected chi connectivity index (χ2v) is 14.1. The van der Waals surface area contributed by atoms with Crippen molar-refractivity contribution >= 4 is 56.1 Å². The van der Waals surface area contributed by atoms with Crippen molar-refractivity contribution in [2.24, 2.45) is 10.8 Å². The number of amides is 1. The van der Waals surface area contributed by atoms with Crippen molar-refractivity contribution in [1.82, 2.24) is 20.0 Å². The minimum absolute atomic E-state index is 0.289. The normalized spacial score (nSPS) is 17.5.